The van der Waals surface area contributed by atoms with Crippen molar-refractivity contribution in [1.29, 1.82) is 0 Å². The predicted molar refractivity (Wildman–Crippen MR) is 79.0 cm³/mol. The van der Waals surface area contributed by atoms with Gasteiger partial charge >= 0.3 is 0 Å². The van der Waals surface area contributed by atoms with Crippen molar-refractivity contribution in [3.05, 3.63) is 0 Å². The van der Waals surface area contributed by atoms with Gasteiger partial charge in [-0.25, -0.2) is 0 Å². The number of ketones is 1. The maximum atomic E-state index is 11.2. The molecule has 118 valence electrons. The zero-order valence-electron chi connectivity index (χ0n) is 12.1. The molecule has 0 rings (SSSR count). The van der Waals surface area contributed by atoms with Crippen LogP contribution in [0.5, 0.6) is 0 Å². The maximum absolute atomic E-state index is 11.2. The van der Waals surface area contributed by atoms with Crippen LogP contribution < -0.4 is 5.32 Å². The van der Waals surface area contributed by atoms with Gasteiger partial charge in [-0.3, -0.25) is 9.59 Å². The van der Waals surface area contributed by atoms with Crippen LogP contribution in [0.2, 0.25) is 0 Å². The molecule has 0 saturated carbocycles. The minimum Gasteiger partial charge on any atom is -0.396 e. The third-order valence-electron chi connectivity index (χ3n) is 2.37. The number of Topliss-reactive ketones (excluding diaryl/α,β-unsaturated/α-hetero) is 1. The minimum atomic E-state index is -0.117. The van der Waals surface area contributed by atoms with Gasteiger partial charge in [0.15, 0.2) is 0 Å². The number of hydrogen-bond donors (Lipinski definition) is 2. The van der Waals surface area contributed by atoms with Crippen molar-refractivity contribution < 1.29 is 24.2 Å². The minimum absolute atomic E-state index is 0.0483. The molecule has 2 N–H and O–H groups in total. The summed E-state index contributed by atoms with van der Waals surface area (Å²) in [4.78, 5) is 22.3. The van der Waals surface area contributed by atoms with Crippen molar-refractivity contribution in [2.45, 2.75) is 19.3 Å². The van der Waals surface area contributed by atoms with Crippen molar-refractivity contribution in [3.63, 3.8) is 0 Å². The second-order valence-electron chi connectivity index (χ2n) is 4.12. The smallest absolute Gasteiger partial charge is 0.246 e. The highest BCUT2D eigenvalue weighted by molar-refractivity contribution is 7.98. The zero-order chi connectivity index (χ0) is 15.1. The van der Waals surface area contributed by atoms with E-state index in [0.717, 1.165) is 5.75 Å². The van der Waals surface area contributed by atoms with Gasteiger partial charge in [-0.15, -0.1) is 0 Å². The van der Waals surface area contributed by atoms with Crippen molar-refractivity contribution in [3.8, 4) is 0 Å². The lowest BCUT2D eigenvalue weighted by Crippen LogP contribution is -2.30. The van der Waals surface area contributed by atoms with E-state index in [0.29, 0.717) is 39.2 Å². The summed E-state index contributed by atoms with van der Waals surface area (Å²) in [5, 5.41) is 11.3. The number of hydrogen-bond acceptors (Lipinski definition) is 6. The molecule has 0 aliphatic heterocycles. The molecule has 0 fully saturated rings. The van der Waals surface area contributed by atoms with E-state index in [1.807, 2.05) is 6.26 Å². The van der Waals surface area contributed by atoms with Gasteiger partial charge in [-0.1, -0.05) is 0 Å². The number of aliphatic hydroxyl groups is 1. The molecule has 7 heteroatoms. The summed E-state index contributed by atoms with van der Waals surface area (Å²) >= 11 is 1.67. The lowest BCUT2D eigenvalue weighted by atomic mass is 10.2. The van der Waals surface area contributed by atoms with Gasteiger partial charge in [0.05, 0.1) is 13.2 Å². The highest BCUT2D eigenvalue weighted by Crippen LogP contribution is 1.95. The van der Waals surface area contributed by atoms with Crippen LogP contribution in [0.15, 0.2) is 0 Å². The first-order valence-corrected chi connectivity index (χ1v) is 8.13. The van der Waals surface area contributed by atoms with Crippen LogP contribution in [0.3, 0.4) is 0 Å². The number of aliphatic hydroxyl groups excluding tert-OH is 1. The van der Waals surface area contributed by atoms with Gasteiger partial charge in [-0.05, 0) is 12.7 Å². The normalized spacial score (nSPS) is 10.5. The Morgan fingerprint density at radius 1 is 1.15 bits per heavy atom. The van der Waals surface area contributed by atoms with Crippen molar-refractivity contribution in [1.82, 2.24) is 5.32 Å². The average Bonchev–Trinajstić information content (AvgIpc) is 2.42. The van der Waals surface area contributed by atoms with Crippen LogP contribution in [0.25, 0.3) is 0 Å². The van der Waals surface area contributed by atoms with E-state index in [9.17, 15) is 9.59 Å². The van der Waals surface area contributed by atoms with E-state index in [4.69, 9.17) is 14.6 Å². The molecule has 0 atom stereocenters. The summed E-state index contributed by atoms with van der Waals surface area (Å²) in [6.45, 7) is 1.87. The topological polar surface area (TPSA) is 84.9 Å². The van der Waals surface area contributed by atoms with Crippen molar-refractivity contribution in [2.75, 3.05) is 51.6 Å². The number of amides is 1. The third-order valence-corrected chi connectivity index (χ3v) is 2.98. The Morgan fingerprint density at radius 3 is 2.60 bits per heavy atom. The Balaban J connectivity index is 3.20. The summed E-state index contributed by atoms with van der Waals surface area (Å²) < 4.78 is 10.4. The first-order chi connectivity index (χ1) is 9.70. The average molecular weight is 307 g/mol. The van der Waals surface area contributed by atoms with E-state index in [2.05, 4.69) is 5.32 Å². The fourth-order valence-electron chi connectivity index (χ4n) is 1.35. The fourth-order valence-corrected chi connectivity index (χ4v) is 1.66. The van der Waals surface area contributed by atoms with Crippen LogP contribution in [0.4, 0.5) is 0 Å². The summed E-state index contributed by atoms with van der Waals surface area (Å²) in [6.07, 6.45) is 3.28. The molecule has 0 heterocycles. The highest BCUT2D eigenvalue weighted by Gasteiger charge is 2.01. The summed E-state index contributed by atoms with van der Waals surface area (Å²) in [7, 11) is 0. The number of nitrogens with one attached hydrogen (secondary N) is 1. The number of ether oxygens (including phenoxy) is 2. The van der Waals surface area contributed by atoms with E-state index in [1.54, 1.807) is 11.8 Å². The number of carbonyl (C=O) groups excluding carboxylic acids is 2. The standard InChI is InChI=1S/C13H25NO5S/c1-20-10-5-14-13(17)11-19-9-8-18-7-2-3-12(16)4-6-15/h15H,2-11H2,1H3,(H,14,17). The SMILES string of the molecule is CSCCNC(=O)COCCOCCCC(=O)CCO. The molecule has 0 saturated heterocycles. The van der Waals surface area contributed by atoms with Crippen LogP contribution in [-0.2, 0) is 19.1 Å². The fraction of sp³-hybridized carbons (Fsp3) is 0.846. The van der Waals surface area contributed by atoms with Crippen LogP contribution in [-0.4, -0.2) is 68.4 Å². The molecule has 0 unspecified atom stereocenters. The van der Waals surface area contributed by atoms with Crippen LogP contribution in [0.1, 0.15) is 19.3 Å². The van der Waals surface area contributed by atoms with Gasteiger partial charge in [-0.2, -0.15) is 11.8 Å². The quantitative estimate of drug-likeness (QED) is 0.447. The summed E-state index contributed by atoms with van der Waals surface area (Å²) in [5.74, 6) is 0.826. The first-order valence-electron chi connectivity index (χ1n) is 6.74. The van der Waals surface area contributed by atoms with E-state index < -0.39 is 0 Å². The zero-order valence-corrected chi connectivity index (χ0v) is 12.9. The van der Waals surface area contributed by atoms with Gasteiger partial charge in [0.2, 0.25) is 5.91 Å². The molecule has 0 radical (unpaired) electrons. The molecular formula is C13H25NO5S. The Morgan fingerprint density at radius 2 is 1.90 bits per heavy atom. The van der Waals surface area contributed by atoms with Crippen LogP contribution in [0, 0.1) is 0 Å². The van der Waals surface area contributed by atoms with Gasteiger partial charge < -0.3 is 19.9 Å². The molecular weight excluding hydrogens is 282 g/mol. The summed E-state index contributed by atoms with van der Waals surface area (Å²) in [6, 6.07) is 0. The van der Waals surface area contributed by atoms with Crippen molar-refractivity contribution >= 4 is 23.5 Å². The van der Waals surface area contributed by atoms with E-state index in [1.165, 1.54) is 0 Å². The molecule has 0 aliphatic carbocycles. The first kappa shape index (κ1) is 19.4. The Hall–Kier alpha value is -0.630. The third kappa shape index (κ3) is 13.8. The molecule has 20 heavy (non-hydrogen) atoms. The number of carbonyl (C=O) groups is 2. The van der Waals surface area contributed by atoms with Crippen LogP contribution >= 0.6 is 11.8 Å². The second-order valence-corrected chi connectivity index (χ2v) is 5.11. The number of rotatable bonds is 14. The highest BCUT2D eigenvalue weighted by atomic mass is 32.2. The molecule has 0 spiro atoms. The Bertz CT molecular complexity index is 263. The molecule has 6 nitrogen and oxygen atoms in total. The molecule has 0 aromatic heterocycles. The second kappa shape index (κ2) is 14.8. The molecule has 1 amide bonds. The lowest BCUT2D eigenvalue weighted by Gasteiger charge is -2.06. The molecule has 0 aromatic rings. The van der Waals surface area contributed by atoms with E-state index in [-0.39, 0.29) is 31.3 Å². The molecule has 0 aliphatic rings. The molecule has 0 bridgehead atoms. The van der Waals surface area contributed by atoms with Crippen molar-refractivity contribution in [2.24, 2.45) is 0 Å². The maximum Gasteiger partial charge on any atom is 0.246 e. The summed E-state index contributed by atoms with van der Waals surface area (Å²) in [5.41, 5.74) is 0. The van der Waals surface area contributed by atoms with E-state index >= 15 is 0 Å². The molecule has 0 aromatic carbocycles. The van der Waals surface area contributed by atoms with Gasteiger partial charge in [0.1, 0.15) is 12.4 Å². The Kier molecular flexibility index (Phi) is 14.3. The lowest BCUT2D eigenvalue weighted by molar-refractivity contribution is -0.126. The largest absolute Gasteiger partial charge is 0.396 e. The number of thioether (sulfide) groups is 1. The monoisotopic (exact) mass is 307 g/mol. The Labute approximate surface area is 124 Å². The van der Waals surface area contributed by atoms with Gasteiger partial charge in [0.25, 0.3) is 0 Å². The van der Waals surface area contributed by atoms with Gasteiger partial charge in [0, 0.05) is 38.4 Å². The predicted octanol–water partition coefficient (Wildman–Crippen LogP) is 0.230.